The van der Waals surface area contributed by atoms with E-state index in [1.807, 2.05) is 25.2 Å². The van der Waals surface area contributed by atoms with E-state index in [2.05, 4.69) is 31.7 Å². The molecule has 0 bridgehead atoms. The Morgan fingerprint density at radius 1 is 1.10 bits per heavy atom. The molecule has 1 saturated heterocycles. The smallest absolute Gasteiger partial charge is 0.298 e. The number of para-hydroxylation sites is 1. The van der Waals surface area contributed by atoms with E-state index in [9.17, 15) is 9.59 Å². The highest BCUT2D eigenvalue weighted by molar-refractivity contribution is 8.19. The number of thioether (sulfide) groups is 1. The van der Waals surface area contributed by atoms with Gasteiger partial charge < -0.3 is 4.90 Å². The Morgan fingerprint density at radius 3 is 2.48 bits per heavy atom. The molecule has 2 heterocycles. The third-order valence-corrected chi connectivity index (χ3v) is 6.63. The van der Waals surface area contributed by atoms with Crippen LogP contribution in [-0.4, -0.2) is 23.7 Å². The average molecular weight is 425 g/mol. The van der Waals surface area contributed by atoms with E-state index in [1.54, 1.807) is 30.3 Å². The van der Waals surface area contributed by atoms with Crippen LogP contribution in [-0.2, 0) is 4.79 Å². The van der Waals surface area contributed by atoms with Crippen molar-refractivity contribution in [2.24, 2.45) is 0 Å². The molecule has 2 aromatic carbocycles. The number of nitrogens with zero attached hydrogens (tertiary/aromatic N) is 2. The quantitative estimate of drug-likeness (QED) is 0.537. The fraction of sp³-hybridized carbons (Fsp3) is 0.217. The molecular formula is C23H21ClN2O2S. The van der Waals surface area contributed by atoms with Crippen LogP contribution in [0.1, 0.15) is 31.9 Å². The summed E-state index contributed by atoms with van der Waals surface area (Å²) in [5, 5.41) is 0.242. The monoisotopic (exact) mass is 424 g/mol. The summed E-state index contributed by atoms with van der Waals surface area (Å²) in [5.41, 5.74) is 4.47. The van der Waals surface area contributed by atoms with Gasteiger partial charge in [-0.3, -0.25) is 9.59 Å². The molecule has 2 aromatic rings. The maximum atomic E-state index is 12.9. The molecular weight excluding hydrogens is 404 g/mol. The first-order chi connectivity index (χ1) is 13.7. The highest BCUT2D eigenvalue weighted by Crippen LogP contribution is 2.42. The molecule has 4 rings (SSSR count). The molecule has 0 N–H and O–H groups in total. The van der Waals surface area contributed by atoms with Crippen molar-refractivity contribution in [1.82, 2.24) is 0 Å². The second kappa shape index (κ2) is 7.08. The lowest BCUT2D eigenvalue weighted by molar-refractivity contribution is -0.113. The first-order valence-electron chi connectivity index (χ1n) is 9.29. The first kappa shape index (κ1) is 19.8. The molecule has 0 atom stereocenters. The van der Waals surface area contributed by atoms with Crippen LogP contribution in [0.5, 0.6) is 0 Å². The number of allylic oxidation sites excluding steroid dienone is 1. The van der Waals surface area contributed by atoms with Crippen molar-refractivity contribution in [2.75, 3.05) is 16.8 Å². The third-order valence-electron chi connectivity index (χ3n) is 5.43. The number of halogens is 1. The predicted molar refractivity (Wildman–Crippen MR) is 122 cm³/mol. The van der Waals surface area contributed by atoms with Crippen molar-refractivity contribution in [3.63, 3.8) is 0 Å². The highest BCUT2D eigenvalue weighted by atomic mass is 35.5. The van der Waals surface area contributed by atoms with Gasteiger partial charge in [-0.25, -0.2) is 4.90 Å². The molecule has 2 aliphatic heterocycles. The van der Waals surface area contributed by atoms with Crippen molar-refractivity contribution in [1.29, 1.82) is 0 Å². The minimum atomic E-state index is -0.328. The molecule has 29 heavy (non-hydrogen) atoms. The minimum absolute atomic E-state index is 0.111. The van der Waals surface area contributed by atoms with Crippen LogP contribution in [0.2, 0.25) is 5.02 Å². The number of carbonyl (C=O) groups is 2. The fourth-order valence-electron chi connectivity index (χ4n) is 3.71. The summed E-state index contributed by atoms with van der Waals surface area (Å²) in [4.78, 5) is 29.1. The van der Waals surface area contributed by atoms with E-state index >= 15 is 0 Å². The number of imide groups is 1. The van der Waals surface area contributed by atoms with E-state index in [4.69, 9.17) is 11.6 Å². The molecule has 0 radical (unpaired) electrons. The summed E-state index contributed by atoms with van der Waals surface area (Å²) >= 11 is 7.51. The van der Waals surface area contributed by atoms with Crippen molar-refractivity contribution in [3.05, 3.63) is 69.6 Å². The number of anilines is 2. The van der Waals surface area contributed by atoms with Crippen LogP contribution in [0, 0.1) is 0 Å². The second-order valence-corrected chi connectivity index (χ2v) is 9.18. The van der Waals surface area contributed by atoms with Crippen LogP contribution < -0.4 is 9.80 Å². The number of likely N-dealkylation sites (N-methyl/N-ethyl adjacent to an activating group) is 1. The van der Waals surface area contributed by atoms with Crippen molar-refractivity contribution in [2.45, 2.75) is 26.3 Å². The van der Waals surface area contributed by atoms with Gasteiger partial charge in [0.2, 0.25) is 0 Å². The van der Waals surface area contributed by atoms with E-state index in [1.165, 1.54) is 4.90 Å². The van der Waals surface area contributed by atoms with Crippen molar-refractivity contribution in [3.8, 4) is 0 Å². The fourth-order valence-corrected chi connectivity index (χ4v) is 4.75. The Morgan fingerprint density at radius 2 is 1.79 bits per heavy atom. The summed E-state index contributed by atoms with van der Waals surface area (Å²) in [5.74, 6) is -0.328. The molecule has 1 fully saturated rings. The van der Waals surface area contributed by atoms with Gasteiger partial charge in [-0.1, -0.05) is 35.9 Å². The van der Waals surface area contributed by atoms with Crippen LogP contribution in [0.4, 0.5) is 16.2 Å². The van der Waals surface area contributed by atoms with Gasteiger partial charge in [0.1, 0.15) is 0 Å². The number of amides is 2. The van der Waals surface area contributed by atoms with Gasteiger partial charge in [0, 0.05) is 23.3 Å². The molecule has 0 saturated carbocycles. The maximum Gasteiger partial charge on any atom is 0.298 e. The normalized spacial score (nSPS) is 19.6. The Labute approximate surface area is 179 Å². The number of carbonyl (C=O) groups excluding carboxylic acids is 2. The number of hydrogen-bond acceptors (Lipinski definition) is 4. The molecule has 148 valence electrons. The number of hydrogen-bond donors (Lipinski definition) is 0. The maximum absolute atomic E-state index is 12.9. The lowest BCUT2D eigenvalue weighted by atomic mass is 9.88. The topological polar surface area (TPSA) is 40.6 Å². The second-order valence-electron chi connectivity index (χ2n) is 7.78. The summed E-state index contributed by atoms with van der Waals surface area (Å²) < 4.78 is 0. The van der Waals surface area contributed by atoms with Crippen LogP contribution >= 0.6 is 23.4 Å². The van der Waals surface area contributed by atoms with Gasteiger partial charge >= 0.3 is 0 Å². The Hall–Kier alpha value is -2.50. The van der Waals surface area contributed by atoms with Gasteiger partial charge in [-0.15, -0.1) is 0 Å². The van der Waals surface area contributed by atoms with Gasteiger partial charge in [0.05, 0.1) is 16.1 Å². The summed E-state index contributed by atoms with van der Waals surface area (Å²) in [6, 6.07) is 12.9. The zero-order valence-corrected chi connectivity index (χ0v) is 18.3. The number of fused-ring (bicyclic) bond motifs is 1. The van der Waals surface area contributed by atoms with E-state index in [0.29, 0.717) is 15.6 Å². The van der Waals surface area contributed by atoms with Gasteiger partial charge in [-0.2, -0.15) is 0 Å². The Kier molecular flexibility index (Phi) is 4.83. The Bertz CT molecular complexity index is 1090. The lowest BCUT2D eigenvalue weighted by Gasteiger charge is -2.40. The minimum Gasteiger partial charge on any atom is -0.365 e. The van der Waals surface area contributed by atoms with E-state index in [0.717, 1.165) is 34.1 Å². The summed E-state index contributed by atoms with van der Waals surface area (Å²) in [6.07, 6.45) is 3.93. The molecule has 0 unspecified atom stereocenters. The standard InChI is InChI=1S/C23H21ClN2O2S/c1-14-13-23(2,3)25(4)19-12-18(24)15(10-17(14)19)11-20-21(27)26(22(28)29-20)16-8-6-5-7-9-16/h5-13H,1-4H3/b20-11-. The molecule has 6 heteroatoms. The summed E-state index contributed by atoms with van der Waals surface area (Å²) in [7, 11) is 2.04. The molecule has 4 nitrogen and oxygen atoms in total. The molecule has 0 spiro atoms. The van der Waals surface area contributed by atoms with Crippen molar-refractivity contribution >= 4 is 57.5 Å². The SMILES string of the molecule is CC1=CC(C)(C)N(C)c2cc(Cl)c(/C=C3\SC(=O)N(c4ccccc4)C3=O)cc21. The number of rotatable bonds is 2. The average Bonchev–Trinajstić information content (AvgIpc) is 2.95. The molecule has 0 aromatic heterocycles. The van der Waals surface area contributed by atoms with Crippen LogP contribution in [0.25, 0.3) is 11.6 Å². The van der Waals surface area contributed by atoms with Gasteiger partial charge in [0.25, 0.3) is 11.1 Å². The number of benzene rings is 2. The predicted octanol–water partition coefficient (Wildman–Crippen LogP) is 6.21. The lowest BCUT2D eigenvalue weighted by Crippen LogP contribution is -2.42. The summed E-state index contributed by atoms with van der Waals surface area (Å²) in [6.45, 7) is 6.39. The van der Waals surface area contributed by atoms with Gasteiger partial charge in [0.15, 0.2) is 0 Å². The van der Waals surface area contributed by atoms with Crippen LogP contribution in [0.15, 0.2) is 53.4 Å². The molecule has 2 amide bonds. The van der Waals surface area contributed by atoms with Crippen LogP contribution in [0.3, 0.4) is 0 Å². The van der Waals surface area contributed by atoms with E-state index < -0.39 is 0 Å². The zero-order valence-electron chi connectivity index (χ0n) is 16.7. The largest absolute Gasteiger partial charge is 0.365 e. The highest BCUT2D eigenvalue weighted by Gasteiger charge is 2.36. The third kappa shape index (κ3) is 3.38. The van der Waals surface area contributed by atoms with Crippen molar-refractivity contribution < 1.29 is 9.59 Å². The van der Waals surface area contributed by atoms with Gasteiger partial charge in [-0.05, 0) is 74.0 Å². The molecule has 0 aliphatic carbocycles. The molecule has 2 aliphatic rings. The zero-order chi connectivity index (χ0) is 20.9. The van der Waals surface area contributed by atoms with E-state index in [-0.39, 0.29) is 16.7 Å². The Balaban J connectivity index is 1.74. The first-order valence-corrected chi connectivity index (χ1v) is 10.5.